The number of nitro benzene ring substituents is 1. The summed E-state index contributed by atoms with van der Waals surface area (Å²) in [4.78, 5) is 15.2. The molecule has 8 heteroatoms. The van der Waals surface area contributed by atoms with Gasteiger partial charge in [-0.25, -0.2) is 0 Å². The van der Waals surface area contributed by atoms with E-state index in [0.717, 1.165) is 26.2 Å². The average molecular weight is 329 g/mol. The zero-order valence-corrected chi connectivity index (χ0v) is 13.3. The second-order valence-corrected chi connectivity index (χ2v) is 5.75. The molecular weight excluding hydrogens is 308 g/mol. The van der Waals surface area contributed by atoms with Crippen LogP contribution in [0, 0.1) is 10.1 Å². The van der Waals surface area contributed by atoms with Crippen LogP contribution in [0.3, 0.4) is 0 Å². The van der Waals surface area contributed by atoms with E-state index >= 15 is 0 Å². The van der Waals surface area contributed by atoms with Gasteiger partial charge in [-0.15, -0.1) is 11.6 Å². The predicted molar refractivity (Wildman–Crippen MR) is 88.0 cm³/mol. The highest BCUT2D eigenvalue weighted by Crippen LogP contribution is 2.31. The Hall–Kier alpha value is -1.57. The molecule has 1 saturated heterocycles. The molecule has 0 saturated carbocycles. The van der Waals surface area contributed by atoms with Crippen LogP contribution in [0.25, 0.3) is 0 Å². The first-order valence-corrected chi connectivity index (χ1v) is 7.74. The van der Waals surface area contributed by atoms with E-state index in [1.54, 1.807) is 12.1 Å². The van der Waals surface area contributed by atoms with Gasteiger partial charge in [0.05, 0.1) is 16.9 Å². The molecule has 0 radical (unpaired) electrons. The van der Waals surface area contributed by atoms with Gasteiger partial charge in [0.2, 0.25) is 0 Å². The molecule has 2 N–H and O–H groups in total. The molecular formula is C14H21ClN4O3. The van der Waals surface area contributed by atoms with Gasteiger partial charge in [-0.2, -0.15) is 0 Å². The second-order valence-electron chi connectivity index (χ2n) is 5.44. The van der Waals surface area contributed by atoms with Gasteiger partial charge < -0.3 is 20.2 Å². The van der Waals surface area contributed by atoms with Gasteiger partial charge in [0.1, 0.15) is 5.69 Å². The Labute approximate surface area is 134 Å². The standard InChI is InChI=1S/C14H21ClN4O3/c1-17-4-6-18(7-5-17)13-3-2-11(8-14(13)19(21)22)16-10-12(20)9-15/h2-3,8,12,16,20H,4-7,9-10H2,1H3. The lowest BCUT2D eigenvalue weighted by Crippen LogP contribution is -2.44. The minimum atomic E-state index is -0.682. The summed E-state index contributed by atoms with van der Waals surface area (Å²) >= 11 is 5.53. The van der Waals surface area contributed by atoms with E-state index in [9.17, 15) is 15.2 Å². The monoisotopic (exact) mass is 328 g/mol. The quantitative estimate of drug-likeness (QED) is 0.466. The highest BCUT2D eigenvalue weighted by Gasteiger charge is 2.23. The molecule has 22 heavy (non-hydrogen) atoms. The summed E-state index contributed by atoms with van der Waals surface area (Å²) in [6, 6.07) is 5.06. The Bertz CT molecular complexity index is 521. The normalized spacial score (nSPS) is 17.3. The van der Waals surface area contributed by atoms with Crippen LogP contribution in [0.2, 0.25) is 0 Å². The van der Waals surface area contributed by atoms with Crippen molar-refractivity contribution in [1.82, 2.24) is 4.90 Å². The summed E-state index contributed by atoms with van der Waals surface area (Å²) in [5.74, 6) is 0.120. The maximum atomic E-state index is 11.3. The van der Waals surface area contributed by atoms with Crippen LogP contribution in [0.4, 0.5) is 17.1 Å². The number of rotatable bonds is 6. The molecule has 1 aromatic rings. The second kappa shape index (κ2) is 7.62. The topological polar surface area (TPSA) is 81.9 Å². The van der Waals surface area contributed by atoms with E-state index in [1.165, 1.54) is 6.07 Å². The van der Waals surface area contributed by atoms with Gasteiger partial charge in [0.15, 0.2) is 0 Å². The molecule has 1 fully saturated rings. The third-order valence-corrected chi connectivity index (χ3v) is 4.09. The molecule has 1 aliphatic heterocycles. The van der Waals surface area contributed by atoms with E-state index in [1.807, 2.05) is 11.9 Å². The van der Waals surface area contributed by atoms with Crippen molar-refractivity contribution in [2.45, 2.75) is 6.10 Å². The van der Waals surface area contributed by atoms with Gasteiger partial charge in [-0.1, -0.05) is 0 Å². The number of halogens is 1. The summed E-state index contributed by atoms with van der Waals surface area (Å²) in [5, 5.41) is 23.7. The average Bonchev–Trinajstić information content (AvgIpc) is 2.53. The highest BCUT2D eigenvalue weighted by atomic mass is 35.5. The SMILES string of the molecule is CN1CCN(c2ccc(NCC(O)CCl)cc2[N+](=O)[O-])CC1. The summed E-state index contributed by atoms with van der Waals surface area (Å²) < 4.78 is 0. The van der Waals surface area contributed by atoms with E-state index in [4.69, 9.17) is 11.6 Å². The molecule has 0 aromatic heterocycles. The van der Waals surface area contributed by atoms with Crippen molar-refractivity contribution in [3.05, 3.63) is 28.3 Å². The van der Waals surface area contributed by atoms with Crippen LogP contribution in [0.15, 0.2) is 18.2 Å². The number of aliphatic hydroxyl groups excluding tert-OH is 1. The van der Waals surface area contributed by atoms with Crippen molar-refractivity contribution in [1.29, 1.82) is 0 Å². The van der Waals surface area contributed by atoms with Crippen molar-refractivity contribution in [3.63, 3.8) is 0 Å². The summed E-state index contributed by atoms with van der Waals surface area (Å²) in [6.07, 6.45) is -0.682. The lowest BCUT2D eigenvalue weighted by molar-refractivity contribution is -0.384. The maximum absolute atomic E-state index is 11.3. The Morgan fingerprint density at radius 3 is 2.68 bits per heavy atom. The van der Waals surface area contributed by atoms with Gasteiger partial charge in [-0.05, 0) is 19.2 Å². The van der Waals surface area contributed by atoms with Gasteiger partial charge in [-0.3, -0.25) is 10.1 Å². The number of alkyl halides is 1. The predicted octanol–water partition coefficient (Wildman–Crippen LogP) is 1.36. The lowest BCUT2D eigenvalue weighted by Gasteiger charge is -2.33. The molecule has 1 aromatic carbocycles. The molecule has 1 unspecified atom stereocenters. The Morgan fingerprint density at radius 2 is 2.09 bits per heavy atom. The third-order valence-electron chi connectivity index (χ3n) is 3.74. The van der Waals surface area contributed by atoms with Crippen LogP contribution >= 0.6 is 11.6 Å². The first kappa shape index (κ1) is 16.8. The molecule has 122 valence electrons. The number of likely N-dealkylation sites (N-methyl/N-ethyl adjacent to an activating group) is 1. The minimum Gasteiger partial charge on any atom is -0.390 e. The van der Waals surface area contributed by atoms with Crippen molar-refractivity contribution in [3.8, 4) is 0 Å². The zero-order valence-electron chi connectivity index (χ0n) is 12.5. The van der Waals surface area contributed by atoms with Crippen molar-refractivity contribution >= 4 is 28.7 Å². The maximum Gasteiger partial charge on any atom is 0.294 e. The van der Waals surface area contributed by atoms with E-state index in [2.05, 4.69) is 10.2 Å². The van der Waals surface area contributed by atoms with Crippen LogP contribution in [0.5, 0.6) is 0 Å². The molecule has 2 rings (SSSR count). The van der Waals surface area contributed by atoms with Gasteiger partial charge in [0, 0.05) is 44.5 Å². The molecule has 7 nitrogen and oxygen atoms in total. The van der Waals surface area contributed by atoms with Crippen LogP contribution in [0.1, 0.15) is 0 Å². The zero-order chi connectivity index (χ0) is 16.1. The largest absolute Gasteiger partial charge is 0.390 e. The number of nitro groups is 1. The fourth-order valence-electron chi connectivity index (χ4n) is 2.38. The number of hydrogen-bond acceptors (Lipinski definition) is 6. The molecule has 0 aliphatic carbocycles. The summed E-state index contributed by atoms with van der Waals surface area (Å²) in [5.41, 5.74) is 1.32. The molecule has 0 spiro atoms. The number of hydrogen-bond donors (Lipinski definition) is 2. The van der Waals surface area contributed by atoms with Gasteiger partial charge in [0.25, 0.3) is 5.69 Å². The van der Waals surface area contributed by atoms with E-state index in [0.29, 0.717) is 11.4 Å². The van der Waals surface area contributed by atoms with Crippen LogP contribution in [-0.2, 0) is 0 Å². The number of aliphatic hydroxyl groups is 1. The van der Waals surface area contributed by atoms with Crippen molar-refractivity contribution in [2.75, 3.05) is 55.9 Å². The molecule has 1 atom stereocenters. The Morgan fingerprint density at radius 1 is 1.41 bits per heavy atom. The lowest BCUT2D eigenvalue weighted by atomic mass is 10.2. The number of anilines is 2. The van der Waals surface area contributed by atoms with Crippen LogP contribution < -0.4 is 10.2 Å². The number of nitrogens with one attached hydrogen (secondary N) is 1. The molecule has 1 aliphatic rings. The van der Waals surface area contributed by atoms with E-state index < -0.39 is 6.10 Å². The number of benzene rings is 1. The summed E-state index contributed by atoms with van der Waals surface area (Å²) in [7, 11) is 2.04. The van der Waals surface area contributed by atoms with Crippen molar-refractivity contribution < 1.29 is 10.0 Å². The summed E-state index contributed by atoms with van der Waals surface area (Å²) in [6.45, 7) is 3.58. The third kappa shape index (κ3) is 4.22. The first-order chi connectivity index (χ1) is 10.5. The number of nitrogens with zero attached hydrogens (tertiary/aromatic N) is 3. The Balaban J connectivity index is 2.15. The van der Waals surface area contributed by atoms with E-state index in [-0.39, 0.29) is 23.0 Å². The fourth-order valence-corrected chi connectivity index (χ4v) is 2.49. The molecule has 0 bridgehead atoms. The first-order valence-electron chi connectivity index (χ1n) is 7.21. The smallest absolute Gasteiger partial charge is 0.294 e. The van der Waals surface area contributed by atoms with Gasteiger partial charge >= 0.3 is 0 Å². The van der Waals surface area contributed by atoms with Crippen LogP contribution in [-0.4, -0.2) is 66.7 Å². The minimum absolute atomic E-state index is 0.0786. The highest BCUT2D eigenvalue weighted by molar-refractivity contribution is 6.18. The fraction of sp³-hybridized carbons (Fsp3) is 0.571. The number of piperazine rings is 1. The molecule has 0 amide bonds. The Kier molecular flexibility index (Phi) is 5.82. The van der Waals surface area contributed by atoms with Crippen molar-refractivity contribution in [2.24, 2.45) is 0 Å². The molecule has 1 heterocycles.